The maximum atomic E-state index is 4.21. The van der Waals surface area contributed by atoms with Gasteiger partial charge in [-0.15, -0.1) is 0 Å². The van der Waals surface area contributed by atoms with Crippen LogP contribution < -0.4 is 0 Å². The summed E-state index contributed by atoms with van der Waals surface area (Å²) in [5.74, 6) is 0. The average Bonchev–Trinajstić information content (AvgIpc) is 2.63. The van der Waals surface area contributed by atoms with Gasteiger partial charge in [-0.3, -0.25) is 4.68 Å². The minimum absolute atomic E-state index is 0.681. The number of rotatable bonds is 2. The lowest BCUT2D eigenvalue weighted by Gasteiger charge is -1.94. The summed E-state index contributed by atoms with van der Waals surface area (Å²) in [5.41, 5.74) is 0.989. The van der Waals surface area contributed by atoms with Gasteiger partial charge in [0, 0.05) is 13.2 Å². The van der Waals surface area contributed by atoms with E-state index in [9.17, 15) is 0 Å². The van der Waals surface area contributed by atoms with Crippen molar-refractivity contribution in [3.8, 4) is 0 Å². The quantitative estimate of drug-likeness (QED) is 0.629. The summed E-state index contributed by atoms with van der Waals surface area (Å²) >= 11 is 0. The average molecular weight is 163 g/mol. The fourth-order valence-corrected chi connectivity index (χ4v) is 1.03. The van der Waals surface area contributed by atoms with Crippen LogP contribution >= 0.6 is 0 Å². The van der Waals surface area contributed by atoms with Crippen LogP contribution in [0.1, 0.15) is 5.69 Å². The standard InChI is InChI=1S/C7H9N5/c1-11-3-2-7(10-11)4-12-6-8-5-9-12/h2-3,5-6H,4H2,1H3. The molecule has 0 radical (unpaired) electrons. The molecule has 0 unspecified atom stereocenters. The van der Waals surface area contributed by atoms with E-state index in [0.717, 1.165) is 5.69 Å². The van der Waals surface area contributed by atoms with Gasteiger partial charge >= 0.3 is 0 Å². The molecule has 2 heterocycles. The van der Waals surface area contributed by atoms with Crippen LogP contribution in [0.3, 0.4) is 0 Å². The fraction of sp³-hybridized carbons (Fsp3) is 0.286. The fourth-order valence-electron chi connectivity index (χ4n) is 1.03. The predicted octanol–water partition coefficient (Wildman–Crippen LogP) is 0.0599. The Labute approximate surface area is 69.7 Å². The zero-order chi connectivity index (χ0) is 8.39. The first kappa shape index (κ1) is 7.02. The summed E-state index contributed by atoms with van der Waals surface area (Å²) in [6.45, 7) is 0.681. The Morgan fingerprint density at radius 1 is 1.50 bits per heavy atom. The minimum atomic E-state index is 0.681. The second kappa shape index (κ2) is 2.77. The van der Waals surface area contributed by atoms with Crippen molar-refractivity contribution in [1.29, 1.82) is 0 Å². The van der Waals surface area contributed by atoms with Crippen molar-refractivity contribution in [3.05, 3.63) is 30.6 Å². The predicted molar refractivity (Wildman–Crippen MR) is 42.3 cm³/mol. The molecule has 0 N–H and O–H groups in total. The van der Waals surface area contributed by atoms with Crippen molar-refractivity contribution >= 4 is 0 Å². The Balaban J connectivity index is 2.14. The molecule has 0 fully saturated rings. The first-order chi connectivity index (χ1) is 5.84. The number of hydrogen-bond donors (Lipinski definition) is 0. The molecule has 2 aromatic heterocycles. The summed E-state index contributed by atoms with van der Waals surface area (Å²) in [5, 5.41) is 8.19. The summed E-state index contributed by atoms with van der Waals surface area (Å²) < 4.78 is 3.51. The lowest BCUT2D eigenvalue weighted by atomic mass is 10.4. The highest BCUT2D eigenvalue weighted by Crippen LogP contribution is 1.95. The highest BCUT2D eigenvalue weighted by Gasteiger charge is 1.97. The Morgan fingerprint density at radius 3 is 3.00 bits per heavy atom. The van der Waals surface area contributed by atoms with E-state index < -0.39 is 0 Å². The molecule has 0 amide bonds. The Hall–Kier alpha value is -1.65. The highest BCUT2D eigenvalue weighted by molar-refractivity contribution is 4.98. The van der Waals surface area contributed by atoms with Gasteiger partial charge in [-0.25, -0.2) is 9.67 Å². The molecular weight excluding hydrogens is 154 g/mol. The number of aryl methyl sites for hydroxylation is 1. The van der Waals surface area contributed by atoms with Crippen molar-refractivity contribution in [3.63, 3.8) is 0 Å². The van der Waals surface area contributed by atoms with Gasteiger partial charge in [0.2, 0.25) is 0 Å². The van der Waals surface area contributed by atoms with Crippen molar-refractivity contribution in [2.75, 3.05) is 0 Å². The molecule has 62 valence electrons. The maximum absolute atomic E-state index is 4.21. The second-order valence-electron chi connectivity index (χ2n) is 2.57. The van der Waals surface area contributed by atoms with Gasteiger partial charge in [-0.1, -0.05) is 0 Å². The SMILES string of the molecule is Cn1ccc(Cn2cncn2)n1. The maximum Gasteiger partial charge on any atom is 0.137 e. The summed E-state index contributed by atoms with van der Waals surface area (Å²) in [4.78, 5) is 3.84. The molecule has 2 rings (SSSR count). The van der Waals surface area contributed by atoms with Crippen LogP contribution in [0, 0.1) is 0 Å². The van der Waals surface area contributed by atoms with Crippen LogP contribution in [0.5, 0.6) is 0 Å². The van der Waals surface area contributed by atoms with Crippen molar-refractivity contribution in [2.24, 2.45) is 7.05 Å². The molecule has 0 spiro atoms. The van der Waals surface area contributed by atoms with Crippen LogP contribution in [0.25, 0.3) is 0 Å². The largest absolute Gasteiger partial charge is 0.275 e. The van der Waals surface area contributed by atoms with Crippen LogP contribution in [-0.4, -0.2) is 24.5 Å². The summed E-state index contributed by atoms with van der Waals surface area (Å²) in [6.07, 6.45) is 5.10. The first-order valence-electron chi connectivity index (χ1n) is 3.65. The van der Waals surface area contributed by atoms with E-state index in [1.54, 1.807) is 15.7 Å². The zero-order valence-electron chi connectivity index (χ0n) is 6.75. The van der Waals surface area contributed by atoms with Gasteiger partial charge in [0.1, 0.15) is 12.7 Å². The molecule has 0 aliphatic rings. The molecule has 12 heavy (non-hydrogen) atoms. The topological polar surface area (TPSA) is 48.5 Å². The number of nitrogens with zero attached hydrogens (tertiary/aromatic N) is 5. The molecule has 0 aliphatic carbocycles. The van der Waals surface area contributed by atoms with Crippen LogP contribution in [0.15, 0.2) is 24.9 Å². The van der Waals surface area contributed by atoms with E-state index in [0.29, 0.717) is 6.54 Å². The number of aromatic nitrogens is 5. The van der Waals surface area contributed by atoms with E-state index >= 15 is 0 Å². The smallest absolute Gasteiger partial charge is 0.137 e. The summed E-state index contributed by atoms with van der Waals surface area (Å²) in [6, 6.07) is 1.96. The lowest BCUT2D eigenvalue weighted by Crippen LogP contribution is -2.01. The Morgan fingerprint density at radius 2 is 2.42 bits per heavy atom. The van der Waals surface area contributed by atoms with E-state index in [1.807, 2.05) is 19.3 Å². The van der Waals surface area contributed by atoms with E-state index in [2.05, 4.69) is 15.2 Å². The van der Waals surface area contributed by atoms with Gasteiger partial charge in [-0.2, -0.15) is 10.2 Å². The van der Waals surface area contributed by atoms with Crippen LogP contribution in [0.4, 0.5) is 0 Å². The van der Waals surface area contributed by atoms with E-state index in [1.165, 1.54) is 6.33 Å². The van der Waals surface area contributed by atoms with E-state index in [4.69, 9.17) is 0 Å². The Bertz CT molecular complexity index is 348. The molecule has 5 nitrogen and oxygen atoms in total. The van der Waals surface area contributed by atoms with Gasteiger partial charge in [0.25, 0.3) is 0 Å². The summed E-state index contributed by atoms with van der Waals surface area (Å²) in [7, 11) is 1.89. The van der Waals surface area contributed by atoms with Gasteiger partial charge < -0.3 is 0 Å². The molecular formula is C7H9N5. The third-order valence-corrected chi connectivity index (χ3v) is 1.56. The first-order valence-corrected chi connectivity index (χ1v) is 3.65. The molecule has 0 bridgehead atoms. The molecule has 0 saturated carbocycles. The normalized spacial score (nSPS) is 10.4. The third kappa shape index (κ3) is 1.34. The lowest BCUT2D eigenvalue weighted by molar-refractivity contribution is 0.649. The van der Waals surface area contributed by atoms with Crippen LogP contribution in [-0.2, 0) is 13.6 Å². The third-order valence-electron chi connectivity index (χ3n) is 1.56. The second-order valence-corrected chi connectivity index (χ2v) is 2.57. The zero-order valence-corrected chi connectivity index (χ0v) is 6.75. The van der Waals surface area contributed by atoms with Gasteiger partial charge in [0.15, 0.2) is 0 Å². The molecule has 0 aliphatic heterocycles. The van der Waals surface area contributed by atoms with Crippen molar-refractivity contribution < 1.29 is 0 Å². The highest BCUT2D eigenvalue weighted by atomic mass is 15.3. The molecule has 0 atom stereocenters. The van der Waals surface area contributed by atoms with Crippen molar-refractivity contribution in [1.82, 2.24) is 24.5 Å². The Kier molecular flexibility index (Phi) is 1.62. The van der Waals surface area contributed by atoms with Crippen molar-refractivity contribution in [2.45, 2.75) is 6.54 Å². The monoisotopic (exact) mass is 163 g/mol. The molecule has 0 aromatic carbocycles. The van der Waals surface area contributed by atoms with Gasteiger partial charge in [-0.05, 0) is 6.07 Å². The molecule has 5 heteroatoms. The van der Waals surface area contributed by atoms with Crippen LogP contribution in [0.2, 0.25) is 0 Å². The molecule has 2 aromatic rings. The van der Waals surface area contributed by atoms with Gasteiger partial charge in [0.05, 0.1) is 12.2 Å². The number of hydrogen-bond acceptors (Lipinski definition) is 3. The minimum Gasteiger partial charge on any atom is -0.275 e. The molecule has 0 saturated heterocycles. The van der Waals surface area contributed by atoms with E-state index in [-0.39, 0.29) is 0 Å².